The van der Waals surface area contributed by atoms with E-state index in [0.29, 0.717) is 22.3 Å². The number of carbonyl (C=O) groups excluding carboxylic acids is 1. The number of aromatic nitrogens is 7. The summed E-state index contributed by atoms with van der Waals surface area (Å²) in [5, 5.41) is 14.4. The highest BCUT2D eigenvalue weighted by atomic mass is 19.3. The highest BCUT2D eigenvalue weighted by Gasteiger charge is 2.45. The van der Waals surface area contributed by atoms with Crippen molar-refractivity contribution in [1.82, 2.24) is 39.5 Å². The monoisotopic (exact) mass is 492 g/mol. The number of fused-ring (bicyclic) bond motifs is 2. The average Bonchev–Trinajstić information content (AvgIpc) is 3.39. The number of nitrogens with zero attached hydrogens (tertiary/aromatic N) is 8. The SMILES string of the molecule is CC(=O)N1CCC(Nc2nc(N)c3c(-c4ccc5nnn(CC(F)F)c5n4)ccn3n2)C(F)(F)C1. The molecule has 15 heteroatoms. The third-order valence-corrected chi connectivity index (χ3v) is 5.83. The number of pyridine rings is 1. The first-order valence-electron chi connectivity index (χ1n) is 10.7. The van der Waals surface area contributed by atoms with Crippen LogP contribution in [0.5, 0.6) is 0 Å². The molecule has 0 spiro atoms. The molecule has 35 heavy (non-hydrogen) atoms. The van der Waals surface area contributed by atoms with E-state index < -0.39 is 37.4 Å². The van der Waals surface area contributed by atoms with E-state index in [1.807, 2.05) is 0 Å². The molecule has 1 saturated heterocycles. The highest BCUT2D eigenvalue weighted by molar-refractivity contribution is 5.88. The first-order valence-corrected chi connectivity index (χ1v) is 10.7. The Balaban J connectivity index is 1.45. The third-order valence-electron chi connectivity index (χ3n) is 5.83. The average molecular weight is 492 g/mol. The fraction of sp³-hybridized carbons (Fsp3) is 0.400. The summed E-state index contributed by atoms with van der Waals surface area (Å²) < 4.78 is 57.3. The summed E-state index contributed by atoms with van der Waals surface area (Å²) in [4.78, 5) is 21.1. The number of nitrogen functional groups attached to an aromatic ring is 1. The van der Waals surface area contributed by atoms with Gasteiger partial charge in [0.05, 0.1) is 18.3 Å². The predicted octanol–water partition coefficient (Wildman–Crippen LogP) is 2.05. The standard InChI is InChI=1S/C20H20F4N10O/c1-10(35)32-6-5-14(20(23,24)9-32)27-19-28-17(25)16-11(4-7-33(16)30-19)12-2-3-13-18(26-12)34(31-29-13)8-15(21)22/h2-4,7,14-15H,5-6,8-9H2,1H3,(H3,25,27,28,30). The van der Waals surface area contributed by atoms with Crippen LogP contribution in [0.3, 0.4) is 0 Å². The zero-order valence-electron chi connectivity index (χ0n) is 18.4. The van der Waals surface area contributed by atoms with E-state index in [2.05, 4.69) is 30.7 Å². The topological polar surface area (TPSA) is 132 Å². The van der Waals surface area contributed by atoms with Crippen molar-refractivity contribution in [3.8, 4) is 11.3 Å². The molecule has 1 amide bonds. The van der Waals surface area contributed by atoms with E-state index in [1.165, 1.54) is 11.4 Å². The molecular formula is C20H20F4N10O. The minimum atomic E-state index is -3.19. The van der Waals surface area contributed by atoms with Gasteiger partial charge in [-0.25, -0.2) is 31.7 Å². The van der Waals surface area contributed by atoms with Crippen LogP contribution >= 0.6 is 0 Å². The Morgan fingerprint density at radius 2 is 2.09 bits per heavy atom. The Morgan fingerprint density at radius 1 is 1.29 bits per heavy atom. The normalized spacial score (nSPS) is 18.0. The van der Waals surface area contributed by atoms with Crippen LogP contribution in [0.2, 0.25) is 0 Å². The van der Waals surface area contributed by atoms with Crippen molar-refractivity contribution >= 4 is 34.4 Å². The summed E-state index contributed by atoms with van der Waals surface area (Å²) >= 11 is 0. The molecule has 1 fully saturated rings. The smallest absolute Gasteiger partial charge is 0.285 e. The Labute approximate surface area is 194 Å². The van der Waals surface area contributed by atoms with E-state index in [4.69, 9.17) is 5.73 Å². The Bertz CT molecular complexity index is 1420. The second-order valence-electron chi connectivity index (χ2n) is 8.23. The largest absolute Gasteiger partial charge is 0.382 e. The van der Waals surface area contributed by atoms with Crippen LogP contribution in [0.15, 0.2) is 24.4 Å². The fourth-order valence-electron chi connectivity index (χ4n) is 4.12. The summed E-state index contributed by atoms with van der Waals surface area (Å²) in [6.07, 6.45) is -1.06. The van der Waals surface area contributed by atoms with Crippen molar-refractivity contribution in [2.75, 3.05) is 24.1 Å². The maximum absolute atomic E-state index is 14.6. The molecule has 1 unspecified atom stereocenters. The van der Waals surface area contributed by atoms with Crippen LogP contribution in [0.1, 0.15) is 13.3 Å². The van der Waals surface area contributed by atoms with Gasteiger partial charge in [-0.3, -0.25) is 4.79 Å². The third kappa shape index (κ3) is 4.17. The Morgan fingerprint density at radius 3 is 2.80 bits per heavy atom. The van der Waals surface area contributed by atoms with E-state index >= 15 is 0 Å². The Hall–Kier alpha value is -4.04. The quantitative estimate of drug-likeness (QED) is 0.405. The number of nitrogens with one attached hydrogen (secondary N) is 1. The first kappa shape index (κ1) is 22.7. The lowest BCUT2D eigenvalue weighted by atomic mass is 10.0. The van der Waals surface area contributed by atoms with Gasteiger partial charge in [0, 0.05) is 25.2 Å². The molecule has 5 rings (SSSR count). The number of anilines is 2. The number of carbonyl (C=O) groups is 1. The molecule has 1 atom stereocenters. The highest BCUT2D eigenvalue weighted by Crippen LogP contribution is 2.32. The van der Waals surface area contributed by atoms with Gasteiger partial charge in [-0.2, -0.15) is 4.98 Å². The molecule has 0 bridgehead atoms. The van der Waals surface area contributed by atoms with Gasteiger partial charge in [-0.05, 0) is 24.6 Å². The lowest BCUT2D eigenvalue weighted by molar-refractivity contribution is -0.140. The number of halogens is 4. The van der Waals surface area contributed by atoms with Crippen molar-refractivity contribution in [2.45, 2.75) is 38.3 Å². The minimum Gasteiger partial charge on any atom is -0.382 e. The minimum absolute atomic E-state index is 0.00750. The lowest BCUT2D eigenvalue weighted by Crippen LogP contribution is -2.55. The number of piperidine rings is 1. The molecule has 1 aliphatic rings. The molecule has 4 aromatic rings. The number of rotatable bonds is 5. The Kier molecular flexibility index (Phi) is 5.40. The van der Waals surface area contributed by atoms with Gasteiger partial charge in [0.25, 0.3) is 12.3 Å². The molecule has 11 nitrogen and oxygen atoms in total. The van der Waals surface area contributed by atoms with Crippen LogP contribution in [-0.4, -0.2) is 76.9 Å². The van der Waals surface area contributed by atoms with Gasteiger partial charge in [-0.1, -0.05) is 5.21 Å². The predicted molar refractivity (Wildman–Crippen MR) is 117 cm³/mol. The van der Waals surface area contributed by atoms with Crippen molar-refractivity contribution in [1.29, 1.82) is 0 Å². The maximum atomic E-state index is 14.6. The molecule has 1 aliphatic heterocycles. The summed E-state index contributed by atoms with van der Waals surface area (Å²) in [6.45, 7) is 0.0797. The van der Waals surface area contributed by atoms with Crippen LogP contribution in [0.4, 0.5) is 29.3 Å². The van der Waals surface area contributed by atoms with Crippen LogP contribution < -0.4 is 11.1 Å². The molecule has 0 radical (unpaired) electrons. The van der Waals surface area contributed by atoms with Gasteiger partial charge in [-0.15, -0.1) is 10.2 Å². The molecule has 0 aromatic carbocycles. The zero-order valence-corrected chi connectivity index (χ0v) is 18.4. The number of nitrogens with two attached hydrogens (primary N) is 1. The molecular weight excluding hydrogens is 472 g/mol. The molecule has 184 valence electrons. The second kappa shape index (κ2) is 8.32. The summed E-state index contributed by atoms with van der Waals surface area (Å²) in [5.41, 5.74) is 7.97. The molecule has 3 N–H and O–H groups in total. The maximum Gasteiger partial charge on any atom is 0.285 e. The number of alkyl halides is 4. The summed E-state index contributed by atoms with van der Waals surface area (Å²) in [5.74, 6) is -3.69. The van der Waals surface area contributed by atoms with E-state index in [-0.39, 0.29) is 30.4 Å². The zero-order chi connectivity index (χ0) is 24.9. The van der Waals surface area contributed by atoms with E-state index in [0.717, 1.165) is 9.58 Å². The van der Waals surface area contributed by atoms with E-state index in [1.54, 1.807) is 24.4 Å². The number of hydrogen-bond acceptors (Lipinski definition) is 8. The molecule has 5 heterocycles. The van der Waals surface area contributed by atoms with Gasteiger partial charge < -0.3 is 16.0 Å². The van der Waals surface area contributed by atoms with Crippen LogP contribution in [0.25, 0.3) is 27.9 Å². The van der Waals surface area contributed by atoms with E-state index in [9.17, 15) is 22.4 Å². The molecule has 0 saturated carbocycles. The lowest BCUT2D eigenvalue weighted by Gasteiger charge is -2.38. The van der Waals surface area contributed by atoms with Gasteiger partial charge >= 0.3 is 0 Å². The van der Waals surface area contributed by atoms with Crippen molar-refractivity contribution in [2.24, 2.45) is 0 Å². The molecule has 0 aliphatic carbocycles. The van der Waals surface area contributed by atoms with Gasteiger partial charge in [0.15, 0.2) is 11.5 Å². The second-order valence-corrected chi connectivity index (χ2v) is 8.23. The van der Waals surface area contributed by atoms with Crippen molar-refractivity contribution in [3.63, 3.8) is 0 Å². The number of likely N-dealkylation sites (tertiary alicyclic amines) is 1. The number of amides is 1. The van der Waals surface area contributed by atoms with Gasteiger partial charge in [0.1, 0.15) is 17.6 Å². The number of hydrogen-bond donors (Lipinski definition) is 2. The summed E-state index contributed by atoms with van der Waals surface area (Å²) in [6, 6.07) is 3.60. The first-order chi connectivity index (χ1) is 16.6. The van der Waals surface area contributed by atoms with Crippen molar-refractivity contribution < 1.29 is 22.4 Å². The fourth-order valence-corrected chi connectivity index (χ4v) is 4.12. The molecule has 4 aromatic heterocycles. The summed E-state index contributed by atoms with van der Waals surface area (Å²) in [7, 11) is 0. The van der Waals surface area contributed by atoms with Crippen LogP contribution in [0, 0.1) is 0 Å². The van der Waals surface area contributed by atoms with Crippen molar-refractivity contribution in [3.05, 3.63) is 24.4 Å². The van der Waals surface area contributed by atoms with Gasteiger partial charge in [0.2, 0.25) is 11.9 Å². The van der Waals surface area contributed by atoms with Crippen LogP contribution in [-0.2, 0) is 11.3 Å².